The van der Waals surface area contributed by atoms with Gasteiger partial charge in [-0.3, -0.25) is 19.7 Å². The average Bonchev–Trinajstić information content (AvgIpc) is 3.32. The highest BCUT2D eigenvalue weighted by atomic mass is 32.1. The van der Waals surface area contributed by atoms with Crippen LogP contribution < -0.4 is 5.73 Å². The van der Waals surface area contributed by atoms with Gasteiger partial charge in [-0.05, 0) is 23.8 Å². The molecule has 0 radical (unpaired) electrons. The highest BCUT2D eigenvalue weighted by Gasteiger charge is 2.52. The van der Waals surface area contributed by atoms with Crippen molar-refractivity contribution in [1.29, 1.82) is 0 Å². The lowest BCUT2D eigenvalue weighted by Crippen LogP contribution is -2.41. The van der Waals surface area contributed by atoms with Crippen LogP contribution in [0.3, 0.4) is 0 Å². The first kappa shape index (κ1) is 20.0. The minimum Gasteiger partial charge on any atom is -0.369 e. The van der Waals surface area contributed by atoms with Crippen LogP contribution in [0.1, 0.15) is 16.7 Å². The molecule has 1 atom stereocenters. The first-order valence-corrected chi connectivity index (χ1v) is 9.37. The van der Waals surface area contributed by atoms with Crippen LogP contribution in [-0.4, -0.2) is 33.8 Å². The summed E-state index contributed by atoms with van der Waals surface area (Å²) in [6.45, 7) is 0. The van der Waals surface area contributed by atoms with E-state index in [9.17, 15) is 18.0 Å². The maximum Gasteiger partial charge on any atom is 0.417 e. The third-order valence-corrected chi connectivity index (χ3v) is 5.62. The third-order valence-electron chi connectivity index (χ3n) is 4.80. The van der Waals surface area contributed by atoms with Gasteiger partial charge in [-0.15, -0.1) is 11.3 Å². The molecular formula is C19H13F4N5OS. The number of aliphatic imine (C=N–C) groups is 1. The Labute approximate surface area is 171 Å². The summed E-state index contributed by atoms with van der Waals surface area (Å²) in [7, 11) is 1.31. The van der Waals surface area contributed by atoms with Gasteiger partial charge >= 0.3 is 6.18 Å². The van der Waals surface area contributed by atoms with Gasteiger partial charge in [0.1, 0.15) is 5.82 Å². The molecule has 0 saturated carbocycles. The van der Waals surface area contributed by atoms with Gasteiger partial charge < -0.3 is 5.73 Å². The highest BCUT2D eigenvalue weighted by molar-refractivity contribution is 7.13. The molecule has 0 fully saturated rings. The van der Waals surface area contributed by atoms with Crippen molar-refractivity contribution in [2.45, 2.75) is 11.7 Å². The van der Waals surface area contributed by atoms with Gasteiger partial charge in [-0.1, -0.05) is 6.07 Å². The Morgan fingerprint density at radius 2 is 1.90 bits per heavy atom. The molecule has 0 spiro atoms. The van der Waals surface area contributed by atoms with Gasteiger partial charge in [-0.2, -0.15) is 13.2 Å². The number of likely N-dealkylation sites (N-methyl/N-ethyl adjacent to an activating group) is 1. The smallest absolute Gasteiger partial charge is 0.369 e. The van der Waals surface area contributed by atoms with E-state index in [1.165, 1.54) is 30.5 Å². The number of benzene rings is 1. The number of guanidine groups is 1. The molecule has 0 saturated heterocycles. The minimum atomic E-state index is -4.71. The van der Waals surface area contributed by atoms with Crippen LogP contribution in [0.4, 0.5) is 17.6 Å². The second-order valence-electron chi connectivity index (χ2n) is 6.56. The van der Waals surface area contributed by atoms with Crippen molar-refractivity contribution in [3.63, 3.8) is 0 Å². The SMILES string of the molecule is CN1C(=O)C(c2cncc(C(F)(F)F)c2)(c2cc(-c3cncs3)ccc2F)N=C1N. The maximum absolute atomic E-state index is 15.0. The summed E-state index contributed by atoms with van der Waals surface area (Å²) in [6, 6.07) is 4.72. The van der Waals surface area contributed by atoms with Crippen LogP contribution in [0.25, 0.3) is 10.4 Å². The molecule has 154 valence electrons. The molecule has 1 aliphatic rings. The molecule has 4 rings (SSSR count). The second-order valence-corrected chi connectivity index (χ2v) is 7.45. The molecule has 3 aromatic rings. The lowest BCUT2D eigenvalue weighted by Gasteiger charge is -2.27. The molecule has 6 nitrogen and oxygen atoms in total. The third kappa shape index (κ3) is 3.02. The van der Waals surface area contributed by atoms with E-state index in [2.05, 4.69) is 15.0 Å². The van der Waals surface area contributed by atoms with Crippen LogP contribution in [0.15, 0.2) is 53.4 Å². The topological polar surface area (TPSA) is 84.5 Å². The molecule has 2 aromatic heterocycles. The number of halogens is 4. The Balaban J connectivity index is 2.01. The molecule has 0 aliphatic carbocycles. The summed E-state index contributed by atoms with van der Waals surface area (Å²) in [5.41, 5.74) is 4.22. The summed E-state index contributed by atoms with van der Waals surface area (Å²) in [4.78, 5) is 26.6. The highest BCUT2D eigenvalue weighted by Crippen LogP contribution is 2.43. The largest absolute Gasteiger partial charge is 0.417 e. The Morgan fingerprint density at radius 3 is 2.50 bits per heavy atom. The standard InChI is InChI=1S/C19H13F4N5OS/c1-28-16(29)18(27-17(28)24,11-5-12(7-25-6-11)19(21,22)23)13-4-10(2-3-14(13)20)15-8-26-9-30-15/h2-9H,1H3,(H2,24,27). The van der Waals surface area contributed by atoms with E-state index in [1.807, 2.05) is 0 Å². The predicted octanol–water partition coefficient (Wildman–Crippen LogP) is 3.39. The Kier molecular flexibility index (Phi) is 4.57. The summed E-state index contributed by atoms with van der Waals surface area (Å²) >= 11 is 1.29. The van der Waals surface area contributed by atoms with Gasteiger partial charge in [0.05, 0.1) is 16.0 Å². The maximum atomic E-state index is 15.0. The summed E-state index contributed by atoms with van der Waals surface area (Å²) in [6.07, 6.45) is -1.48. The Morgan fingerprint density at radius 1 is 1.13 bits per heavy atom. The molecule has 1 amide bonds. The number of thiazole rings is 1. The number of rotatable bonds is 3. The van der Waals surface area contributed by atoms with Crippen molar-refractivity contribution in [3.05, 3.63) is 70.9 Å². The quantitative estimate of drug-likeness (QED) is 0.640. The predicted molar refractivity (Wildman–Crippen MR) is 102 cm³/mol. The van der Waals surface area contributed by atoms with Gasteiger partial charge in [0, 0.05) is 36.8 Å². The van der Waals surface area contributed by atoms with Crippen molar-refractivity contribution >= 4 is 23.2 Å². The molecular weight excluding hydrogens is 422 g/mol. The summed E-state index contributed by atoms with van der Waals surface area (Å²) < 4.78 is 54.9. The van der Waals surface area contributed by atoms with Gasteiger partial charge in [-0.25, -0.2) is 9.38 Å². The Hall–Kier alpha value is -3.34. The lowest BCUT2D eigenvalue weighted by atomic mass is 9.82. The average molecular weight is 435 g/mol. The van der Waals surface area contributed by atoms with E-state index in [1.54, 1.807) is 11.7 Å². The lowest BCUT2D eigenvalue weighted by molar-refractivity contribution is -0.138. The number of nitrogens with two attached hydrogens (primary N) is 1. The number of carbonyl (C=O) groups is 1. The van der Waals surface area contributed by atoms with Crippen LogP contribution in [0.2, 0.25) is 0 Å². The molecule has 1 aromatic carbocycles. The molecule has 1 unspecified atom stereocenters. The molecule has 1 aliphatic heterocycles. The van der Waals surface area contributed by atoms with Crippen molar-refractivity contribution in [2.24, 2.45) is 10.7 Å². The second kappa shape index (κ2) is 6.87. The van der Waals surface area contributed by atoms with Crippen LogP contribution in [-0.2, 0) is 16.5 Å². The van der Waals surface area contributed by atoms with Gasteiger partial charge in [0.2, 0.25) is 0 Å². The van der Waals surface area contributed by atoms with E-state index < -0.39 is 29.0 Å². The molecule has 2 N–H and O–H groups in total. The molecule has 0 bridgehead atoms. The number of hydrogen-bond donors (Lipinski definition) is 1. The molecule has 3 heterocycles. The zero-order chi connectivity index (χ0) is 21.7. The number of aromatic nitrogens is 2. The van der Waals surface area contributed by atoms with E-state index in [4.69, 9.17) is 5.73 Å². The van der Waals surface area contributed by atoms with Crippen molar-refractivity contribution < 1.29 is 22.4 Å². The zero-order valence-corrected chi connectivity index (χ0v) is 16.1. The number of hydrogen-bond acceptors (Lipinski definition) is 6. The number of carbonyl (C=O) groups excluding carboxylic acids is 1. The molecule has 11 heteroatoms. The van der Waals surface area contributed by atoms with E-state index in [0.29, 0.717) is 16.6 Å². The fourth-order valence-electron chi connectivity index (χ4n) is 3.27. The normalized spacial score (nSPS) is 19.3. The van der Waals surface area contributed by atoms with Crippen LogP contribution in [0.5, 0.6) is 0 Å². The van der Waals surface area contributed by atoms with Crippen LogP contribution >= 0.6 is 11.3 Å². The van der Waals surface area contributed by atoms with E-state index in [0.717, 1.165) is 23.2 Å². The van der Waals surface area contributed by atoms with Gasteiger partial charge in [0.25, 0.3) is 5.91 Å². The first-order chi connectivity index (χ1) is 14.1. The fourth-order valence-corrected chi connectivity index (χ4v) is 3.89. The number of alkyl halides is 3. The number of pyridine rings is 1. The Bertz CT molecular complexity index is 1160. The number of amides is 1. The monoisotopic (exact) mass is 435 g/mol. The minimum absolute atomic E-state index is 0.230. The van der Waals surface area contributed by atoms with Gasteiger partial charge in [0.15, 0.2) is 11.5 Å². The van der Waals surface area contributed by atoms with Crippen LogP contribution in [0, 0.1) is 5.82 Å². The van der Waals surface area contributed by atoms with Crippen molar-refractivity contribution in [2.75, 3.05) is 7.05 Å². The summed E-state index contributed by atoms with van der Waals surface area (Å²) in [5.74, 6) is -1.86. The number of nitrogens with zero attached hydrogens (tertiary/aromatic N) is 4. The zero-order valence-electron chi connectivity index (χ0n) is 15.3. The summed E-state index contributed by atoms with van der Waals surface area (Å²) in [5, 5.41) is 0. The van der Waals surface area contributed by atoms with E-state index in [-0.39, 0.29) is 17.1 Å². The fraction of sp³-hybridized carbons (Fsp3) is 0.158. The van der Waals surface area contributed by atoms with Crippen molar-refractivity contribution in [1.82, 2.24) is 14.9 Å². The first-order valence-electron chi connectivity index (χ1n) is 8.49. The van der Waals surface area contributed by atoms with E-state index >= 15 is 4.39 Å². The van der Waals surface area contributed by atoms with Crippen molar-refractivity contribution in [3.8, 4) is 10.4 Å². The molecule has 30 heavy (non-hydrogen) atoms.